The number of carbonyl (C=O) groups excluding carboxylic acids is 1. The van der Waals surface area contributed by atoms with E-state index in [2.05, 4.69) is 5.32 Å². The minimum Gasteiger partial charge on any atom is -0.489 e. The molecule has 37 heavy (non-hydrogen) atoms. The Morgan fingerprint density at radius 1 is 0.811 bits per heavy atom. The van der Waals surface area contributed by atoms with Crippen LogP contribution in [-0.4, -0.2) is 27.1 Å². The highest BCUT2D eigenvalue weighted by atomic mass is 32.2. The van der Waals surface area contributed by atoms with Gasteiger partial charge >= 0.3 is 0 Å². The highest BCUT2D eigenvalue weighted by molar-refractivity contribution is 7.92. The Morgan fingerprint density at radius 3 is 1.97 bits per heavy atom. The van der Waals surface area contributed by atoms with Crippen LogP contribution >= 0.6 is 0 Å². The third-order valence-corrected chi connectivity index (χ3v) is 7.05. The van der Waals surface area contributed by atoms with Gasteiger partial charge in [-0.05, 0) is 47.9 Å². The van der Waals surface area contributed by atoms with E-state index in [-0.39, 0.29) is 6.54 Å². The smallest absolute Gasteiger partial charge is 0.241 e. The number of sulfonamides is 1. The molecule has 0 bridgehead atoms. The molecule has 7 heteroatoms. The van der Waals surface area contributed by atoms with E-state index < -0.39 is 22.0 Å². The first kappa shape index (κ1) is 26.0. The van der Waals surface area contributed by atoms with Crippen molar-refractivity contribution in [1.29, 1.82) is 0 Å². The lowest BCUT2D eigenvalue weighted by molar-refractivity contribution is -0.120. The first-order valence-corrected chi connectivity index (χ1v) is 13.8. The summed E-state index contributed by atoms with van der Waals surface area (Å²) in [7, 11) is -3.72. The molecule has 0 saturated heterocycles. The Bertz CT molecular complexity index is 1410. The quantitative estimate of drug-likeness (QED) is 0.314. The number of rotatable bonds is 10. The van der Waals surface area contributed by atoms with Crippen molar-refractivity contribution in [3.8, 4) is 5.75 Å². The van der Waals surface area contributed by atoms with Crippen molar-refractivity contribution < 1.29 is 17.9 Å². The fraction of sp³-hybridized carbons (Fsp3) is 0.167. The minimum absolute atomic E-state index is 0.349. The van der Waals surface area contributed by atoms with Crippen molar-refractivity contribution >= 4 is 21.6 Å². The molecule has 0 fully saturated rings. The SMILES string of the molecule is Cc1ccc([C@@H](NC(=O)CN(c2ccc(OCc3ccccc3)cc2)S(C)(=O)=O)c2ccccc2)cc1. The molecular weight excluding hydrogens is 484 g/mol. The summed E-state index contributed by atoms with van der Waals surface area (Å²) < 4.78 is 32.2. The topological polar surface area (TPSA) is 75.7 Å². The maximum absolute atomic E-state index is 13.2. The fourth-order valence-electron chi connectivity index (χ4n) is 3.95. The second-order valence-electron chi connectivity index (χ2n) is 8.86. The van der Waals surface area contributed by atoms with Crippen molar-refractivity contribution in [2.24, 2.45) is 0 Å². The van der Waals surface area contributed by atoms with Crippen LogP contribution in [0.25, 0.3) is 0 Å². The average molecular weight is 515 g/mol. The minimum atomic E-state index is -3.72. The molecule has 0 heterocycles. The van der Waals surface area contributed by atoms with E-state index in [1.807, 2.05) is 91.9 Å². The Morgan fingerprint density at radius 2 is 1.38 bits per heavy atom. The second-order valence-corrected chi connectivity index (χ2v) is 10.8. The molecule has 0 saturated carbocycles. The van der Waals surface area contributed by atoms with Crippen molar-refractivity contribution in [3.05, 3.63) is 131 Å². The van der Waals surface area contributed by atoms with Crippen molar-refractivity contribution in [1.82, 2.24) is 5.32 Å². The maximum Gasteiger partial charge on any atom is 0.241 e. The van der Waals surface area contributed by atoms with Crippen molar-refractivity contribution in [2.75, 3.05) is 17.1 Å². The highest BCUT2D eigenvalue weighted by Gasteiger charge is 2.24. The molecule has 4 aromatic carbocycles. The van der Waals surface area contributed by atoms with E-state index in [1.165, 1.54) is 0 Å². The lowest BCUT2D eigenvalue weighted by Crippen LogP contribution is -2.41. The molecule has 4 aromatic rings. The van der Waals surface area contributed by atoms with E-state index in [0.717, 1.165) is 32.8 Å². The Hall–Kier alpha value is -4.10. The van der Waals surface area contributed by atoms with Gasteiger partial charge in [0.15, 0.2) is 0 Å². The third kappa shape index (κ3) is 7.21. The maximum atomic E-state index is 13.2. The zero-order chi connectivity index (χ0) is 26.3. The van der Waals surface area contributed by atoms with E-state index in [1.54, 1.807) is 24.3 Å². The average Bonchev–Trinajstić information content (AvgIpc) is 2.91. The van der Waals surface area contributed by atoms with Gasteiger partial charge in [-0.2, -0.15) is 0 Å². The summed E-state index contributed by atoms with van der Waals surface area (Å²) >= 11 is 0. The number of aryl methyl sites for hydroxylation is 1. The van der Waals surface area contributed by atoms with Crippen LogP contribution in [0.1, 0.15) is 28.3 Å². The monoisotopic (exact) mass is 514 g/mol. The number of benzene rings is 4. The van der Waals surface area contributed by atoms with Crippen LogP contribution in [0, 0.1) is 6.92 Å². The highest BCUT2D eigenvalue weighted by Crippen LogP contribution is 2.25. The molecule has 1 amide bonds. The molecular formula is C30H30N2O4S. The molecule has 0 spiro atoms. The molecule has 1 atom stereocenters. The first-order chi connectivity index (χ1) is 17.8. The van der Waals surface area contributed by atoms with E-state index in [4.69, 9.17) is 4.74 Å². The molecule has 6 nitrogen and oxygen atoms in total. The number of nitrogens with zero attached hydrogens (tertiary/aromatic N) is 1. The predicted molar refractivity (Wildman–Crippen MR) is 147 cm³/mol. The summed E-state index contributed by atoms with van der Waals surface area (Å²) in [5, 5.41) is 3.02. The number of hydrogen-bond donors (Lipinski definition) is 1. The van der Waals surface area contributed by atoms with Crippen LogP contribution < -0.4 is 14.4 Å². The van der Waals surface area contributed by atoms with Crippen molar-refractivity contribution in [3.63, 3.8) is 0 Å². The molecule has 190 valence electrons. The molecule has 0 unspecified atom stereocenters. The van der Waals surface area contributed by atoms with E-state index >= 15 is 0 Å². The number of anilines is 1. The molecule has 0 aliphatic heterocycles. The van der Waals surface area contributed by atoms with Crippen LogP contribution in [0.3, 0.4) is 0 Å². The molecule has 1 N–H and O–H groups in total. The Balaban J connectivity index is 1.49. The molecule has 0 aromatic heterocycles. The Kier molecular flexibility index (Phi) is 8.25. The van der Waals surface area contributed by atoms with Gasteiger partial charge in [-0.1, -0.05) is 90.5 Å². The summed E-state index contributed by atoms with van der Waals surface area (Å²) in [6.45, 7) is 2.05. The normalized spacial score (nSPS) is 11.9. The van der Waals surface area contributed by atoms with Crippen LogP contribution in [0.4, 0.5) is 5.69 Å². The summed E-state index contributed by atoms with van der Waals surface area (Å²) in [6, 6.07) is 33.6. The van der Waals surface area contributed by atoms with Gasteiger partial charge in [-0.15, -0.1) is 0 Å². The summed E-state index contributed by atoms with van der Waals surface area (Å²) in [5.41, 5.74) is 4.35. The van der Waals surface area contributed by atoms with Gasteiger partial charge in [0.1, 0.15) is 18.9 Å². The van der Waals surface area contributed by atoms with Gasteiger partial charge in [0.05, 0.1) is 18.0 Å². The standard InChI is InChI=1S/C30H30N2O4S/c1-23-13-15-26(16-14-23)30(25-11-7-4-8-12-25)31-29(33)21-32(37(2,34)35)27-17-19-28(20-18-27)36-22-24-9-5-3-6-10-24/h3-20,30H,21-22H2,1-2H3,(H,31,33)/t30-/m0/s1. The molecule has 0 aliphatic rings. The zero-order valence-electron chi connectivity index (χ0n) is 20.9. The third-order valence-electron chi connectivity index (χ3n) is 5.91. The number of carbonyl (C=O) groups is 1. The van der Waals surface area contributed by atoms with Crippen LogP contribution in [0.5, 0.6) is 5.75 Å². The summed E-state index contributed by atoms with van der Waals surface area (Å²) in [4.78, 5) is 13.2. The van der Waals surface area contributed by atoms with Crippen LogP contribution in [0.2, 0.25) is 0 Å². The molecule has 0 radical (unpaired) electrons. The fourth-order valence-corrected chi connectivity index (χ4v) is 4.81. The molecule has 4 rings (SSSR count). The Labute approximate surface area is 218 Å². The van der Waals surface area contributed by atoms with Gasteiger partial charge in [0.25, 0.3) is 0 Å². The van der Waals surface area contributed by atoms with Crippen molar-refractivity contribution in [2.45, 2.75) is 19.6 Å². The van der Waals surface area contributed by atoms with Gasteiger partial charge < -0.3 is 10.1 Å². The van der Waals surface area contributed by atoms with Gasteiger partial charge in [-0.25, -0.2) is 8.42 Å². The predicted octanol–water partition coefficient (Wildman–Crippen LogP) is 5.25. The van der Waals surface area contributed by atoms with Crippen LogP contribution in [0.15, 0.2) is 109 Å². The first-order valence-electron chi connectivity index (χ1n) is 11.9. The van der Waals surface area contributed by atoms with Gasteiger partial charge in [-0.3, -0.25) is 9.10 Å². The summed E-state index contributed by atoms with van der Waals surface area (Å²) in [6.07, 6.45) is 1.09. The number of hydrogen-bond acceptors (Lipinski definition) is 4. The van der Waals surface area contributed by atoms with Gasteiger partial charge in [0, 0.05) is 0 Å². The summed E-state index contributed by atoms with van der Waals surface area (Å²) in [5.74, 6) is 0.193. The number of ether oxygens (including phenoxy) is 1. The lowest BCUT2D eigenvalue weighted by atomic mass is 9.98. The van der Waals surface area contributed by atoms with E-state index in [9.17, 15) is 13.2 Å². The zero-order valence-corrected chi connectivity index (χ0v) is 21.7. The lowest BCUT2D eigenvalue weighted by Gasteiger charge is -2.25. The second kappa shape index (κ2) is 11.8. The largest absolute Gasteiger partial charge is 0.489 e. The molecule has 0 aliphatic carbocycles. The van der Waals surface area contributed by atoms with E-state index in [0.29, 0.717) is 18.0 Å². The van der Waals surface area contributed by atoms with Crippen LogP contribution in [-0.2, 0) is 21.4 Å². The number of nitrogens with one attached hydrogen (secondary N) is 1. The van der Waals surface area contributed by atoms with Gasteiger partial charge in [0.2, 0.25) is 15.9 Å². The number of amides is 1.